The molecule has 1 aliphatic carbocycles. The van der Waals surface area contributed by atoms with Crippen molar-refractivity contribution >= 4 is 35.3 Å². The number of thioether (sulfide) groups is 1. The van der Waals surface area contributed by atoms with Crippen LogP contribution in [0.5, 0.6) is 0 Å². The molecule has 0 spiro atoms. The van der Waals surface area contributed by atoms with Crippen LogP contribution < -0.4 is 0 Å². The van der Waals surface area contributed by atoms with Crippen LogP contribution in [0.25, 0.3) is 12.2 Å². The van der Waals surface area contributed by atoms with E-state index in [4.69, 9.17) is 0 Å². The van der Waals surface area contributed by atoms with Crippen molar-refractivity contribution in [1.82, 2.24) is 0 Å². The predicted octanol–water partition coefficient (Wildman–Crippen LogP) is 3.97. The lowest BCUT2D eigenvalue weighted by atomic mass is 10.1. The molecular formula is C11H10S2. The molecule has 2 heteroatoms. The van der Waals surface area contributed by atoms with Gasteiger partial charge in [-0.05, 0) is 37.0 Å². The lowest BCUT2D eigenvalue weighted by molar-refractivity contribution is 1.41. The molecule has 0 bridgehead atoms. The van der Waals surface area contributed by atoms with E-state index in [2.05, 4.69) is 31.1 Å². The summed E-state index contributed by atoms with van der Waals surface area (Å²) in [6.07, 6.45) is 10.3. The van der Waals surface area contributed by atoms with Gasteiger partial charge in [-0.3, -0.25) is 0 Å². The summed E-state index contributed by atoms with van der Waals surface area (Å²) < 4.78 is 1.41. The normalized spacial score (nSPS) is 13.1. The molecule has 0 saturated heterocycles. The van der Waals surface area contributed by atoms with E-state index in [1.165, 1.54) is 20.2 Å². The van der Waals surface area contributed by atoms with Crippen molar-refractivity contribution in [2.75, 3.05) is 6.26 Å². The van der Waals surface area contributed by atoms with Gasteiger partial charge >= 0.3 is 0 Å². The van der Waals surface area contributed by atoms with Gasteiger partial charge in [-0.2, -0.15) is 0 Å². The number of thiophene rings is 1. The molecule has 13 heavy (non-hydrogen) atoms. The van der Waals surface area contributed by atoms with Crippen molar-refractivity contribution in [1.29, 1.82) is 0 Å². The van der Waals surface area contributed by atoms with Gasteiger partial charge in [0.05, 0.1) is 4.21 Å². The maximum absolute atomic E-state index is 3.14. The molecule has 0 amide bonds. The van der Waals surface area contributed by atoms with Crippen LogP contribution in [0.1, 0.15) is 16.0 Å². The molecule has 0 atom stereocenters. The minimum Gasteiger partial charge on any atom is -0.129 e. The second-order valence-corrected chi connectivity index (χ2v) is 4.96. The summed E-state index contributed by atoms with van der Waals surface area (Å²) >= 11 is 3.68. The monoisotopic (exact) mass is 206 g/mol. The SMILES string of the molecule is CSc1sc2c(c1C)C=C=CC=C2. The van der Waals surface area contributed by atoms with Gasteiger partial charge < -0.3 is 0 Å². The third-order valence-corrected chi connectivity index (χ3v) is 4.53. The van der Waals surface area contributed by atoms with E-state index in [9.17, 15) is 0 Å². The average Bonchev–Trinajstić information content (AvgIpc) is 2.37. The van der Waals surface area contributed by atoms with Gasteiger partial charge in [0, 0.05) is 10.4 Å². The van der Waals surface area contributed by atoms with Gasteiger partial charge in [0.1, 0.15) is 0 Å². The van der Waals surface area contributed by atoms with Gasteiger partial charge in [-0.15, -0.1) is 28.8 Å². The van der Waals surface area contributed by atoms with Crippen LogP contribution in [0.2, 0.25) is 0 Å². The van der Waals surface area contributed by atoms with E-state index >= 15 is 0 Å². The predicted molar refractivity (Wildman–Crippen MR) is 62.4 cm³/mol. The van der Waals surface area contributed by atoms with Gasteiger partial charge in [-0.1, -0.05) is 6.08 Å². The molecule has 0 aliphatic heterocycles. The highest BCUT2D eigenvalue weighted by atomic mass is 32.2. The third-order valence-electron chi connectivity index (χ3n) is 2.03. The molecule has 66 valence electrons. The first-order chi connectivity index (χ1) is 6.33. The van der Waals surface area contributed by atoms with Crippen molar-refractivity contribution in [2.24, 2.45) is 0 Å². The molecule has 1 aromatic rings. The van der Waals surface area contributed by atoms with Gasteiger partial charge in [0.2, 0.25) is 0 Å². The van der Waals surface area contributed by atoms with Crippen LogP contribution in [0.3, 0.4) is 0 Å². The molecule has 1 heterocycles. The van der Waals surface area contributed by atoms with Gasteiger partial charge in [0.25, 0.3) is 0 Å². The minimum absolute atomic E-state index is 1.33. The molecule has 0 radical (unpaired) electrons. The standard InChI is InChI=1S/C11H10S2/c1-8-9-6-4-3-5-7-10(9)13-11(8)12-2/h3,5-7H,1-2H3. The Morgan fingerprint density at radius 3 is 3.08 bits per heavy atom. The Kier molecular flexibility index (Phi) is 2.45. The average molecular weight is 206 g/mol. The van der Waals surface area contributed by atoms with Crippen molar-refractivity contribution in [3.05, 3.63) is 33.9 Å². The van der Waals surface area contributed by atoms with Crippen molar-refractivity contribution in [3.8, 4) is 0 Å². The van der Waals surface area contributed by atoms with E-state index < -0.39 is 0 Å². The molecule has 0 fully saturated rings. The number of fused-ring (bicyclic) bond motifs is 1. The van der Waals surface area contributed by atoms with E-state index in [0.29, 0.717) is 0 Å². The Morgan fingerprint density at radius 1 is 1.46 bits per heavy atom. The Labute approximate surface area is 86.7 Å². The first-order valence-corrected chi connectivity index (χ1v) is 6.13. The first-order valence-electron chi connectivity index (χ1n) is 4.09. The van der Waals surface area contributed by atoms with E-state index in [1.807, 2.05) is 35.3 Å². The zero-order valence-electron chi connectivity index (χ0n) is 7.63. The fraction of sp³-hybridized carbons (Fsp3) is 0.182. The molecule has 0 N–H and O–H groups in total. The first kappa shape index (κ1) is 8.89. The highest BCUT2D eigenvalue weighted by Crippen LogP contribution is 2.36. The summed E-state index contributed by atoms with van der Waals surface area (Å²) in [4.78, 5) is 1.35. The largest absolute Gasteiger partial charge is 0.129 e. The maximum atomic E-state index is 3.14. The molecule has 0 unspecified atom stereocenters. The van der Waals surface area contributed by atoms with E-state index in [1.54, 1.807) is 0 Å². The molecule has 2 rings (SSSR count). The van der Waals surface area contributed by atoms with Gasteiger partial charge in [0.15, 0.2) is 0 Å². The van der Waals surface area contributed by atoms with Crippen molar-refractivity contribution in [2.45, 2.75) is 11.1 Å². The molecule has 0 saturated carbocycles. The second kappa shape index (κ2) is 3.59. The maximum Gasteiger partial charge on any atom is 0.0637 e. The number of hydrogen-bond acceptors (Lipinski definition) is 2. The minimum atomic E-state index is 1.33. The lowest BCUT2D eigenvalue weighted by Gasteiger charge is -1.92. The van der Waals surface area contributed by atoms with Crippen LogP contribution >= 0.6 is 23.1 Å². The topological polar surface area (TPSA) is 0 Å². The van der Waals surface area contributed by atoms with Crippen LogP contribution in [-0.2, 0) is 0 Å². The highest BCUT2D eigenvalue weighted by Gasteiger charge is 2.10. The molecule has 1 aliphatic rings. The summed E-state index contributed by atoms with van der Waals surface area (Å²) in [6.45, 7) is 2.18. The molecule has 0 nitrogen and oxygen atoms in total. The van der Waals surface area contributed by atoms with Crippen LogP contribution in [0.15, 0.2) is 22.1 Å². The second-order valence-electron chi connectivity index (χ2n) is 2.83. The molecular weight excluding hydrogens is 196 g/mol. The Balaban J connectivity index is 2.65. The zero-order valence-corrected chi connectivity index (χ0v) is 9.26. The summed E-state index contributed by atoms with van der Waals surface area (Å²) in [5, 5.41) is 0. The Hall–Kier alpha value is -0.690. The van der Waals surface area contributed by atoms with E-state index in [0.717, 1.165) is 0 Å². The summed E-state index contributed by atoms with van der Waals surface area (Å²) in [7, 11) is 0. The Bertz CT molecular complexity index is 416. The summed E-state index contributed by atoms with van der Waals surface area (Å²) in [5.74, 6) is 0. The van der Waals surface area contributed by atoms with Crippen molar-refractivity contribution < 1.29 is 0 Å². The van der Waals surface area contributed by atoms with Gasteiger partial charge in [-0.25, -0.2) is 0 Å². The highest BCUT2D eigenvalue weighted by molar-refractivity contribution is 8.00. The fourth-order valence-corrected chi connectivity index (χ4v) is 3.30. The number of hydrogen-bond donors (Lipinski definition) is 0. The van der Waals surface area contributed by atoms with Crippen molar-refractivity contribution in [3.63, 3.8) is 0 Å². The quantitative estimate of drug-likeness (QED) is 0.495. The fourth-order valence-electron chi connectivity index (χ4n) is 1.35. The molecule has 0 aromatic carbocycles. The van der Waals surface area contributed by atoms with Crippen LogP contribution in [0, 0.1) is 6.92 Å². The number of rotatable bonds is 1. The van der Waals surface area contributed by atoms with Crippen LogP contribution in [0.4, 0.5) is 0 Å². The van der Waals surface area contributed by atoms with Crippen LogP contribution in [-0.4, -0.2) is 6.26 Å². The summed E-state index contributed by atoms with van der Waals surface area (Å²) in [5.41, 5.74) is 5.86. The zero-order chi connectivity index (χ0) is 9.26. The molecule has 1 aromatic heterocycles. The van der Waals surface area contributed by atoms with E-state index in [-0.39, 0.29) is 0 Å². The Morgan fingerprint density at radius 2 is 2.31 bits per heavy atom. The number of allylic oxidation sites excluding steroid dienone is 2. The lowest BCUT2D eigenvalue weighted by Crippen LogP contribution is -1.74. The summed E-state index contributed by atoms with van der Waals surface area (Å²) in [6, 6.07) is 0. The smallest absolute Gasteiger partial charge is 0.0637 e. The third kappa shape index (κ3) is 1.53.